The number of carbonyl (C=O) groups is 1. The Balaban J connectivity index is 1.79. The highest BCUT2D eigenvalue weighted by Crippen LogP contribution is 2.22. The first kappa shape index (κ1) is 24.1. The van der Waals surface area contributed by atoms with E-state index in [1.165, 1.54) is 5.56 Å². The molecule has 0 aliphatic heterocycles. The lowest BCUT2D eigenvalue weighted by Crippen LogP contribution is -2.40. The first-order valence-corrected chi connectivity index (χ1v) is 12.9. The van der Waals surface area contributed by atoms with Crippen LogP contribution in [-0.4, -0.2) is 45.5 Å². The topological polar surface area (TPSA) is 75.7 Å². The summed E-state index contributed by atoms with van der Waals surface area (Å²) in [5, 5.41) is 2.81. The molecule has 2 aromatic carbocycles. The quantitative estimate of drug-likeness (QED) is 0.499. The van der Waals surface area contributed by atoms with Crippen LogP contribution in [0.1, 0.15) is 25.8 Å². The molecule has 2 aromatic rings. The summed E-state index contributed by atoms with van der Waals surface area (Å²) in [5.41, 5.74) is 1.71. The van der Waals surface area contributed by atoms with Crippen molar-refractivity contribution in [3.63, 3.8) is 0 Å². The van der Waals surface area contributed by atoms with E-state index in [0.29, 0.717) is 18.0 Å². The summed E-state index contributed by atoms with van der Waals surface area (Å²) in [4.78, 5) is 12.3. The average molecular weight is 451 g/mol. The number of carbonyl (C=O) groups excluding carboxylic acids is 1. The van der Waals surface area contributed by atoms with E-state index in [4.69, 9.17) is 4.74 Å². The zero-order valence-corrected chi connectivity index (χ0v) is 19.3. The lowest BCUT2D eigenvalue weighted by atomic mass is 10.2. The molecule has 0 saturated carbocycles. The van der Waals surface area contributed by atoms with Crippen LogP contribution in [0.5, 0.6) is 5.75 Å². The normalized spacial score (nSPS) is 11.3. The summed E-state index contributed by atoms with van der Waals surface area (Å²) in [6.07, 6.45) is 1.95. The molecule has 0 heterocycles. The number of nitrogens with zero attached hydrogens (tertiary/aromatic N) is 1. The standard InChI is InChI=1S/C22H30N2O4S2/c1-18(2)28-21-12-10-20(11-13-21)24(30(3,26)27)16-22(25)23-14-7-15-29-17-19-8-5-4-6-9-19/h4-6,8-13,18H,7,14-17H2,1-3H3,(H,23,25). The number of amides is 1. The minimum atomic E-state index is -3.59. The average Bonchev–Trinajstić information content (AvgIpc) is 2.69. The highest BCUT2D eigenvalue weighted by atomic mass is 32.2. The lowest BCUT2D eigenvalue weighted by Gasteiger charge is -2.22. The van der Waals surface area contributed by atoms with Gasteiger partial charge in [0.2, 0.25) is 15.9 Å². The fraction of sp³-hybridized carbons (Fsp3) is 0.409. The molecule has 0 fully saturated rings. The van der Waals surface area contributed by atoms with Crippen molar-refractivity contribution in [3.05, 3.63) is 60.2 Å². The van der Waals surface area contributed by atoms with E-state index in [2.05, 4.69) is 17.4 Å². The van der Waals surface area contributed by atoms with Gasteiger partial charge in [-0.25, -0.2) is 8.42 Å². The monoisotopic (exact) mass is 450 g/mol. The van der Waals surface area contributed by atoms with Gasteiger partial charge in [0.05, 0.1) is 18.0 Å². The Hall–Kier alpha value is -2.19. The van der Waals surface area contributed by atoms with Gasteiger partial charge in [-0.2, -0.15) is 11.8 Å². The third-order valence-electron chi connectivity index (χ3n) is 4.08. The van der Waals surface area contributed by atoms with E-state index < -0.39 is 10.0 Å². The van der Waals surface area contributed by atoms with Crippen molar-refractivity contribution in [1.29, 1.82) is 0 Å². The van der Waals surface area contributed by atoms with Gasteiger partial charge in [-0.3, -0.25) is 9.10 Å². The van der Waals surface area contributed by atoms with Crippen LogP contribution in [-0.2, 0) is 20.6 Å². The summed E-state index contributed by atoms with van der Waals surface area (Å²) in [6, 6.07) is 16.9. The van der Waals surface area contributed by atoms with Gasteiger partial charge in [-0.15, -0.1) is 0 Å². The predicted molar refractivity (Wildman–Crippen MR) is 125 cm³/mol. The molecule has 164 valence electrons. The summed E-state index contributed by atoms with van der Waals surface area (Å²) >= 11 is 1.81. The van der Waals surface area contributed by atoms with Crippen LogP contribution in [0.15, 0.2) is 54.6 Å². The number of nitrogens with one attached hydrogen (secondary N) is 1. The third kappa shape index (κ3) is 8.67. The first-order valence-electron chi connectivity index (χ1n) is 9.88. The molecule has 0 aromatic heterocycles. The van der Waals surface area contributed by atoms with Crippen molar-refractivity contribution in [2.24, 2.45) is 0 Å². The molecule has 0 spiro atoms. The highest BCUT2D eigenvalue weighted by Gasteiger charge is 2.20. The van der Waals surface area contributed by atoms with Gasteiger partial charge in [-0.05, 0) is 55.9 Å². The zero-order chi connectivity index (χ0) is 22.0. The van der Waals surface area contributed by atoms with Gasteiger partial charge in [0, 0.05) is 12.3 Å². The first-order chi connectivity index (χ1) is 14.3. The van der Waals surface area contributed by atoms with E-state index in [-0.39, 0.29) is 18.6 Å². The van der Waals surface area contributed by atoms with Crippen molar-refractivity contribution in [1.82, 2.24) is 5.32 Å². The molecular formula is C22H30N2O4S2. The number of hydrogen-bond acceptors (Lipinski definition) is 5. The van der Waals surface area contributed by atoms with Gasteiger partial charge in [-0.1, -0.05) is 30.3 Å². The fourth-order valence-electron chi connectivity index (χ4n) is 2.72. The third-order valence-corrected chi connectivity index (χ3v) is 6.34. The molecule has 2 rings (SSSR count). The second kappa shape index (κ2) is 11.9. The maximum atomic E-state index is 12.3. The van der Waals surface area contributed by atoms with Gasteiger partial charge in [0.25, 0.3) is 0 Å². The Kier molecular flexibility index (Phi) is 9.52. The molecule has 1 N–H and O–H groups in total. The van der Waals surface area contributed by atoms with Gasteiger partial charge in [0.15, 0.2) is 0 Å². The summed E-state index contributed by atoms with van der Waals surface area (Å²) < 4.78 is 31.1. The molecule has 0 radical (unpaired) electrons. The highest BCUT2D eigenvalue weighted by molar-refractivity contribution is 7.98. The minimum Gasteiger partial charge on any atom is -0.491 e. The van der Waals surface area contributed by atoms with Crippen molar-refractivity contribution >= 4 is 33.4 Å². The Morgan fingerprint density at radius 2 is 1.77 bits per heavy atom. The number of benzene rings is 2. The Morgan fingerprint density at radius 1 is 1.10 bits per heavy atom. The molecule has 0 aliphatic carbocycles. The van der Waals surface area contributed by atoms with Gasteiger partial charge < -0.3 is 10.1 Å². The van der Waals surface area contributed by atoms with E-state index in [1.54, 1.807) is 24.3 Å². The maximum Gasteiger partial charge on any atom is 0.240 e. The van der Waals surface area contributed by atoms with Crippen LogP contribution in [0.25, 0.3) is 0 Å². The molecule has 0 aliphatic rings. The van der Waals surface area contributed by atoms with Crippen LogP contribution in [0.4, 0.5) is 5.69 Å². The van der Waals surface area contributed by atoms with Gasteiger partial charge in [0.1, 0.15) is 12.3 Å². The van der Waals surface area contributed by atoms with Crippen molar-refractivity contribution in [3.8, 4) is 5.75 Å². The van der Waals surface area contributed by atoms with Crippen LogP contribution in [0.2, 0.25) is 0 Å². The second-order valence-corrected chi connectivity index (χ2v) is 10.2. The van der Waals surface area contributed by atoms with E-state index in [9.17, 15) is 13.2 Å². The number of hydrogen-bond donors (Lipinski definition) is 1. The molecule has 0 atom stereocenters. The number of anilines is 1. The molecule has 1 amide bonds. The molecule has 0 unspecified atom stereocenters. The molecular weight excluding hydrogens is 420 g/mol. The molecule has 0 bridgehead atoms. The lowest BCUT2D eigenvalue weighted by molar-refractivity contribution is -0.119. The van der Waals surface area contributed by atoms with Crippen molar-refractivity contribution in [2.45, 2.75) is 32.1 Å². The van der Waals surface area contributed by atoms with Crippen LogP contribution < -0.4 is 14.4 Å². The van der Waals surface area contributed by atoms with E-state index in [0.717, 1.165) is 28.5 Å². The number of rotatable bonds is 12. The SMILES string of the molecule is CC(C)Oc1ccc(N(CC(=O)NCCCSCc2ccccc2)S(C)(=O)=O)cc1. The van der Waals surface area contributed by atoms with Gasteiger partial charge >= 0.3 is 0 Å². The second-order valence-electron chi connectivity index (χ2n) is 7.17. The Morgan fingerprint density at radius 3 is 2.37 bits per heavy atom. The van der Waals surface area contributed by atoms with E-state index in [1.807, 2.05) is 43.8 Å². The number of thioether (sulfide) groups is 1. The Bertz CT molecular complexity index is 885. The molecule has 0 saturated heterocycles. The Labute approximate surface area is 184 Å². The zero-order valence-electron chi connectivity index (χ0n) is 17.7. The van der Waals surface area contributed by atoms with Crippen molar-refractivity contribution < 1.29 is 17.9 Å². The largest absolute Gasteiger partial charge is 0.491 e. The predicted octanol–water partition coefficient (Wildman–Crippen LogP) is 3.68. The van der Waals surface area contributed by atoms with Crippen LogP contribution >= 0.6 is 11.8 Å². The fourth-order valence-corrected chi connectivity index (χ4v) is 4.49. The number of ether oxygens (including phenoxy) is 1. The molecule has 8 heteroatoms. The molecule has 30 heavy (non-hydrogen) atoms. The smallest absolute Gasteiger partial charge is 0.240 e. The van der Waals surface area contributed by atoms with Crippen LogP contribution in [0.3, 0.4) is 0 Å². The number of sulfonamides is 1. The summed E-state index contributed by atoms with van der Waals surface area (Å²) in [5.74, 6) is 2.19. The van der Waals surface area contributed by atoms with Crippen molar-refractivity contribution in [2.75, 3.05) is 29.4 Å². The summed E-state index contributed by atoms with van der Waals surface area (Å²) in [6.45, 7) is 4.10. The summed E-state index contributed by atoms with van der Waals surface area (Å²) in [7, 11) is -3.59. The van der Waals surface area contributed by atoms with Crippen LogP contribution in [0, 0.1) is 0 Å². The van der Waals surface area contributed by atoms with E-state index >= 15 is 0 Å². The molecule has 6 nitrogen and oxygen atoms in total. The minimum absolute atomic E-state index is 0.0264. The maximum absolute atomic E-state index is 12.3.